The van der Waals surface area contributed by atoms with Crippen LogP contribution in [0.1, 0.15) is 23.4 Å². The second kappa shape index (κ2) is 9.70. The van der Waals surface area contributed by atoms with Gasteiger partial charge in [0.05, 0.1) is 5.75 Å². The van der Waals surface area contributed by atoms with Crippen LogP contribution in [-0.4, -0.2) is 46.6 Å². The molecule has 0 saturated heterocycles. The van der Waals surface area contributed by atoms with Crippen molar-refractivity contribution in [3.8, 4) is 5.69 Å². The van der Waals surface area contributed by atoms with Crippen molar-refractivity contribution < 1.29 is 4.79 Å². The molecule has 13 heteroatoms. The number of hydrogen-bond donors (Lipinski definition) is 3. The Balaban J connectivity index is 1.55. The van der Waals surface area contributed by atoms with E-state index in [4.69, 9.17) is 0 Å². The van der Waals surface area contributed by atoms with Gasteiger partial charge < -0.3 is 4.98 Å². The summed E-state index contributed by atoms with van der Waals surface area (Å²) < 4.78 is 1.79. The summed E-state index contributed by atoms with van der Waals surface area (Å²) in [5.41, 5.74) is 0.107. The molecule has 0 fully saturated rings. The SMILES string of the molecule is CCc1nnc(NC(=O)CSc2nnc(Cc3cc(=O)[nH]c(=O)[nH]3)n2-c2ccccc2)s1. The van der Waals surface area contributed by atoms with E-state index in [-0.39, 0.29) is 18.1 Å². The lowest BCUT2D eigenvalue weighted by molar-refractivity contribution is -0.113. The Labute approximate surface area is 189 Å². The summed E-state index contributed by atoms with van der Waals surface area (Å²) in [6.07, 6.45) is 0.933. The number of H-pyrrole nitrogens is 2. The molecule has 0 aliphatic carbocycles. The Morgan fingerprint density at radius 2 is 1.94 bits per heavy atom. The number of amides is 1. The van der Waals surface area contributed by atoms with E-state index >= 15 is 0 Å². The number of nitrogens with one attached hydrogen (secondary N) is 3. The van der Waals surface area contributed by atoms with Gasteiger partial charge in [-0.1, -0.05) is 48.2 Å². The number of aromatic amines is 2. The molecule has 1 amide bonds. The van der Waals surface area contributed by atoms with E-state index in [0.717, 1.165) is 17.1 Å². The first-order valence-electron chi connectivity index (χ1n) is 9.59. The van der Waals surface area contributed by atoms with E-state index in [1.54, 1.807) is 4.57 Å². The number of nitrogens with zero attached hydrogens (tertiary/aromatic N) is 5. The number of carbonyl (C=O) groups is 1. The van der Waals surface area contributed by atoms with Gasteiger partial charge in [-0.2, -0.15) is 0 Å². The fourth-order valence-corrected chi connectivity index (χ4v) is 4.33. The third-order valence-corrected chi connectivity index (χ3v) is 6.14. The summed E-state index contributed by atoms with van der Waals surface area (Å²) in [6.45, 7) is 1.97. The molecule has 0 aliphatic rings. The summed E-state index contributed by atoms with van der Waals surface area (Å²) >= 11 is 2.55. The zero-order valence-corrected chi connectivity index (χ0v) is 18.5. The van der Waals surface area contributed by atoms with Gasteiger partial charge in [0.1, 0.15) is 10.8 Å². The summed E-state index contributed by atoms with van der Waals surface area (Å²) in [7, 11) is 0. The molecule has 164 valence electrons. The van der Waals surface area contributed by atoms with Crippen molar-refractivity contribution in [1.29, 1.82) is 0 Å². The lowest BCUT2D eigenvalue weighted by Crippen LogP contribution is -2.23. The minimum Gasteiger partial charge on any atom is -0.311 e. The summed E-state index contributed by atoms with van der Waals surface area (Å²) in [5, 5.41) is 20.9. The molecule has 0 saturated carbocycles. The molecule has 3 aromatic heterocycles. The van der Waals surface area contributed by atoms with Crippen molar-refractivity contribution >= 4 is 34.1 Å². The monoisotopic (exact) mass is 470 g/mol. The molecule has 11 nitrogen and oxygen atoms in total. The third-order valence-electron chi connectivity index (χ3n) is 4.23. The summed E-state index contributed by atoms with van der Waals surface area (Å²) in [5.74, 6) is 0.363. The normalized spacial score (nSPS) is 10.9. The van der Waals surface area contributed by atoms with Crippen LogP contribution in [0.25, 0.3) is 5.69 Å². The summed E-state index contributed by atoms with van der Waals surface area (Å²) in [4.78, 5) is 40.3. The molecule has 0 spiro atoms. The highest BCUT2D eigenvalue weighted by Crippen LogP contribution is 2.23. The molecule has 0 radical (unpaired) electrons. The van der Waals surface area contributed by atoms with Crippen molar-refractivity contribution in [3.63, 3.8) is 0 Å². The maximum absolute atomic E-state index is 12.4. The van der Waals surface area contributed by atoms with Crippen LogP contribution in [0.15, 0.2) is 51.1 Å². The predicted octanol–water partition coefficient (Wildman–Crippen LogP) is 1.38. The molecular formula is C19H18N8O3S2. The fourth-order valence-electron chi connectivity index (χ4n) is 2.86. The molecule has 0 bridgehead atoms. The number of aryl methyl sites for hydroxylation is 1. The van der Waals surface area contributed by atoms with Crippen LogP contribution in [0.5, 0.6) is 0 Å². The van der Waals surface area contributed by atoms with Crippen molar-refractivity contribution in [3.05, 3.63) is 73.8 Å². The smallest absolute Gasteiger partial charge is 0.311 e. The standard InChI is InChI=1S/C19H18N8O3S2/c1-2-16-24-25-18(32-16)22-15(29)10-31-19-26-23-13(27(19)12-6-4-3-5-7-12)8-11-9-14(28)21-17(30)20-11/h3-7,9H,2,8,10H2,1H3,(H,22,25,29)(H2,20,21,28,30). The maximum atomic E-state index is 12.4. The molecule has 32 heavy (non-hydrogen) atoms. The third kappa shape index (κ3) is 5.18. The molecular weight excluding hydrogens is 452 g/mol. The van der Waals surface area contributed by atoms with E-state index in [1.807, 2.05) is 37.3 Å². The molecule has 4 rings (SSSR count). The highest BCUT2D eigenvalue weighted by Gasteiger charge is 2.17. The van der Waals surface area contributed by atoms with Gasteiger partial charge in [0.15, 0.2) is 5.16 Å². The van der Waals surface area contributed by atoms with Crippen molar-refractivity contribution in [1.82, 2.24) is 34.9 Å². The van der Waals surface area contributed by atoms with E-state index in [2.05, 4.69) is 35.7 Å². The Morgan fingerprint density at radius 3 is 2.66 bits per heavy atom. The van der Waals surface area contributed by atoms with Gasteiger partial charge in [-0.3, -0.25) is 24.5 Å². The van der Waals surface area contributed by atoms with Gasteiger partial charge in [-0.05, 0) is 18.6 Å². The second-order valence-electron chi connectivity index (χ2n) is 6.55. The van der Waals surface area contributed by atoms with Crippen LogP contribution in [0, 0.1) is 0 Å². The number of rotatable bonds is 8. The maximum Gasteiger partial charge on any atom is 0.325 e. The molecule has 4 aromatic rings. The first kappa shape index (κ1) is 21.6. The van der Waals surface area contributed by atoms with Crippen LogP contribution in [0.2, 0.25) is 0 Å². The van der Waals surface area contributed by atoms with Crippen LogP contribution in [-0.2, 0) is 17.6 Å². The fraction of sp³-hybridized carbons (Fsp3) is 0.211. The number of para-hydroxylation sites is 1. The van der Waals surface area contributed by atoms with Gasteiger partial charge in [-0.25, -0.2) is 4.79 Å². The zero-order chi connectivity index (χ0) is 22.5. The average molecular weight is 471 g/mol. The highest BCUT2D eigenvalue weighted by molar-refractivity contribution is 7.99. The lowest BCUT2D eigenvalue weighted by Gasteiger charge is -2.10. The minimum atomic E-state index is -0.590. The number of aromatic nitrogens is 7. The topological polar surface area (TPSA) is 151 Å². The first-order valence-corrected chi connectivity index (χ1v) is 11.4. The van der Waals surface area contributed by atoms with E-state index in [0.29, 0.717) is 21.8 Å². The second-order valence-corrected chi connectivity index (χ2v) is 8.56. The molecule has 0 unspecified atom stereocenters. The first-order chi connectivity index (χ1) is 15.5. The van der Waals surface area contributed by atoms with Crippen LogP contribution in [0.3, 0.4) is 0 Å². The number of thioether (sulfide) groups is 1. The molecule has 0 atom stereocenters. The van der Waals surface area contributed by atoms with Crippen molar-refractivity contribution in [2.24, 2.45) is 0 Å². The van der Waals surface area contributed by atoms with Crippen LogP contribution >= 0.6 is 23.1 Å². The van der Waals surface area contributed by atoms with Crippen molar-refractivity contribution in [2.75, 3.05) is 11.1 Å². The van der Waals surface area contributed by atoms with Gasteiger partial charge in [0.25, 0.3) is 5.56 Å². The molecule has 0 aliphatic heterocycles. The lowest BCUT2D eigenvalue weighted by atomic mass is 10.2. The average Bonchev–Trinajstić information content (AvgIpc) is 3.38. The Kier molecular flexibility index (Phi) is 6.56. The Morgan fingerprint density at radius 1 is 1.12 bits per heavy atom. The van der Waals surface area contributed by atoms with Gasteiger partial charge in [0.2, 0.25) is 11.0 Å². The quantitative estimate of drug-likeness (QED) is 0.327. The highest BCUT2D eigenvalue weighted by atomic mass is 32.2. The van der Waals surface area contributed by atoms with Gasteiger partial charge in [0, 0.05) is 23.9 Å². The molecule has 1 aromatic carbocycles. The molecule has 3 N–H and O–H groups in total. The van der Waals surface area contributed by atoms with E-state index < -0.39 is 11.2 Å². The number of benzene rings is 1. The van der Waals surface area contributed by atoms with E-state index in [1.165, 1.54) is 29.2 Å². The Hall–Kier alpha value is -3.58. The predicted molar refractivity (Wildman–Crippen MR) is 120 cm³/mol. The number of hydrogen-bond acceptors (Lipinski definition) is 9. The number of carbonyl (C=O) groups excluding carboxylic acids is 1. The van der Waals surface area contributed by atoms with Crippen LogP contribution in [0.4, 0.5) is 5.13 Å². The minimum absolute atomic E-state index is 0.0911. The van der Waals surface area contributed by atoms with Gasteiger partial charge in [-0.15, -0.1) is 20.4 Å². The largest absolute Gasteiger partial charge is 0.325 e. The number of anilines is 1. The van der Waals surface area contributed by atoms with Crippen LogP contribution < -0.4 is 16.6 Å². The van der Waals surface area contributed by atoms with Crippen molar-refractivity contribution in [2.45, 2.75) is 24.9 Å². The molecule has 3 heterocycles. The Bertz CT molecular complexity index is 1310. The van der Waals surface area contributed by atoms with Gasteiger partial charge >= 0.3 is 5.69 Å². The van der Waals surface area contributed by atoms with E-state index in [9.17, 15) is 14.4 Å². The summed E-state index contributed by atoms with van der Waals surface area (Å²) in [6, 6.07) is 10.7. The zero-order valence-electron chi connectivity index (χ0n) is 16.9.